The first-order chi connectivity index (χ1) is 24.5. The summed E-state index contributed by atoms with van der Waals surface area (Å²) in [7, 11) is 0. The third kappa shape index (κ3) is 13.9. The van der Waals surface area contributed by atoms with E-state index in [9.17, 15) is 9.59 Å². The van der Waals surface area contributed by atoms with Crippen LogP contribution in [0.2, 0.25) is 0 Å². The van der Waals surface area contributed by atoms with Crippen molar-refractivity contribution in [3.05, 3.63) is 0 Å². The normalized spacial score (nSPS) is 36.4. The Balaban J connectivity index is 1.48. The van der Waals surface area contributed by atoms with Crippen LogP contribution >= 0.6 is 0 Å². The van der Waals surface area contributed by atoms with Gasteiger partial charge in [0.25, 0.3) is 0 Å². The van der Waals surface area contributed by atoms with Gasteiger partial charge in [0.05, 0.1) is 25.0 Å². The average Bonchev–Trinajstić information content (AvgIpc) is 3.04. The van der Waals surface area contributed by atoms with Crippen molar-refractivity contribution in [1.82, 2.24) is 0 Å². The van der Waals surface area contributed by atoms with Crippen LogP contribution < -0.4 is 0 Å². The van der Waals surface area contributed by atoms with Crippen LogP contribution in [0.1, 0.15) is 199 Å². The summed E-state index contributed by atoms with van der Waals surface area (Å²) in [6.07, 6.45) is 21.5. The summed E-state index contributed by atoms with van der Waals surface area (Å²) in [5, 5.41) is 0. The predicted molar refractivity (Wildman–Crippen MR) is 220 cm³/mol. The zero-order valence-corrected chi connectivity index (χ0v) is 36.7. The van der Waals surface area contributed by atoms with Crippen molar-refractivity contribution in [3.63, 3.8) is 0 Å². The number of hydrogen-bond donors (Lipinski definition) is 0. The molecular formula is C48H88O4. The van der Waals surface area contributed by atoms with Crippen molar-refractivity contribution in [2.24, 2.45) is 81.8 Å². The summed E-state index contributed by atoms with van der Waals surface area (Å²) in [4.78, 5) is 27.4. The smallest absolute Gasteiger partial charge is 0.309 e. The average molecular weight is 729 g/mol. The van der Waals surface area contributed by atoms with Crippen LogP contribution in [0.3, 0.4) is 0 Å². The largest absolute Gasteiger partial charge is 0.465 e. The van der Waals surface area contributed by atoms with Gasteiger partial charge in [-0.3, -0.25) is 9.59 Å². The molecule has 3 saturated carbocycles. The SMILES string of the molecule is CCCCC(C)CC(C)CC1(C)CC(C)C(COC(=O)C2CCCCC2C(=O)OCC2C(C)CC(C)(CC(C)CC(C)CCCC)CC2C)C(C)C1. The molecule has 0 N–H and O–H groups in total. The van der Waals surface area contributed by atoms with Gasteiger partial charge in [0.1, 0.15) is 0 Å². The number of esters is 2. The molecule has 0 radical (unpaired) electrons. The van der Waals surface area contributed by atoms with Crippen LogP contribution in [0, 0.1) is 81.8 Å². The fourth-order valence-electron chi connectivity index (χ4n) is 12.8. The lowest BCUT2D eigenvalue weighted by Gasteiger charge is -2.47. The molecule has 0 aromatic rings. The van der Waals surface area contributed by atoms with Gasteiger partial charge in [0.15, 0.2) is 0 Å². The monoisotopic (exact) mass is 729 g/mol. The van der Waals surface area contributed by atoms with Gasteiger partial charge in [0, 0.05) is 0 Å². The Kier molecular flexibility index (Phi) is 18.6. The number of hydrogen-bond acceptors (Lipinski definition) is 4. The van der Waals surface area contributed by atoms with Crippen molar-refractivity contribution in [1.29, 1.82) is 0 Å². The second-order valence-electron chi connectivity index (χ2n) is 21.0. The molecule has 3 aliphatic rings. The Morgan fingerprint density at radius 1 is 0.577 bits per heavy atom. The maximum Gasteiger partial charge on any atom is 0.309 e. The highest BCUT2D eigenvalue weighted by molar-refractivity contribution is 5.82. The first kappa shape index (κ1) is 45.3. The van der Waals surface area contributed by atoms with Crippen LogP contribution in [-0.2, 0) is 19.1 Å². The fourth-order valence-corrected chi connectivity index (χ4v) is 12.8. The predicted octanol–water partition coefficient (Wildman–Crippen LogP) is 13.7. The van der Waals surface area contributed by atoms with Crippen LogP contribution in [0.25, 0.3) is 0 Å². The zero-order valence-electron chi connectivity index (χ0n) is 36.7. The van der Waals surface area contributed by atoms with Gasteiger partial charge in [-0.25, -0.2) is 0 Å². The molecule has 3 fully saturated rings. The van der Waals surface area contributed by atoms with E-state index < -0.39 is 0 Å². The highest BCUT2D eigenvalue weighted by Crippen LogP contribution is 2.51. The minimum absolute atomic E-state index is 0.155. The van der Waals surface area contributed by atoms with E-state index in [1.54, 1.807) is 0 Å². The quantitative estimate of drug-likeness (QED) is 0.117. The number of rotatable bonds is 20. The number of ether oxygens (including phenoxy) is 2. The molecule has 3 aliphatic carbocycles. The van der Waals surface area contributed by atoms with Crippen molar-refractivity contribution in [3.8, 4) is 0 Å². The van der Waals surface area contributed by atoms with E-state index in [0.717, 1.165) is 49.4 Å². The van der Waals surface area contributed by atoms with Gasteiger partial charge >= 0.3 is 11.9 Å². The molecule has 10 atom stereocenters. The van der Waals surface area contributed by atoms with Gasteiger partial charge in [-0.05, 0) is 134 Å². The van der Waals surface area contributed by atoms with E-state index in [4.69, 9.17) is 9.47 Å². The maximum atomic E-state index is 13.7. The number of carbonyl (C=O) groups excluding carboxylic acids is 2. The van der Waals surface area contributed by atoms with Gasteiger partial charge in [-0.1, -0.05) is 134 Å². The standard InChI is InChI=1S/C48H88O4/c1-13-15-19-33(3)23-35(5)25-47(11)27-37(7)43(38(8)28-47)31-51-45(49)41-21-17-18-22-42(41)46(50)52-32-44-39(9)29-48(12,30-40(44)10)26-36(6)24-34(4)20-16-14-2/h33-44H,13-32H2,1-12H3. The molecule has 0 aromatic carbocycles. The Morgan fingerprint density at radius 2 is 0.904 bits per heavy atom. The first-order valence-electron chi connectivity index (χ1n) is 22.8. The summed E-state index contributed by atoms with van der Waals surface area (Å²) >= 11 is 0. The van der Waals surface area contributed by atoms with Crippen LogP contribution in [0.4, 0.5) is 0 Å². The Labute approximate surface area is 323 Å². The highest BCUT2D eigenvalue weighted by Gasteiger charge is 2.44. The minimum Gasteiger partial charge on any atom is -0.465 e. The summed E-state index contributed by atoms with van der Waals surface area (Å²) < 4.78 is 12.3. The fraction of sp³-hybridized carbons (Fsp3) is 0.958. The molecule has 304 valence electrons. The van der Waals surface area contributed by atoms with Crippen LogP contribution in [0.5, 0.6) is 0 Å². The summed E-state index contributed by atoms with van der Waals surface area (Å²) in [5.41, 5.74) is 0.719. The Morgan fingerprint density at radius 3 is 1.21 bits per heavy atom. The van der Waals surface area contributed by atoms with E-state index >= 15 is 0 Å². The molecule has 0 saturated heterocycles. The summed E-state index contributed by atoms with van der Waals surface area (Å²) in [6.45, 7) is 29.9. The van der Waals surface area contributed by atoms with E-state index in [1.165, 1.54) is 89.9 Å². The molecule has 0 heterocycles. The molecule has 4 heteroatoms. The lowest BCUT2D eigenvalue weighted by atomic mass is 9.59. The van der Waals surface area contributed by atoms with E-state index in [0.29, 0.717) is 59.6 Å². The molecule has 52 heavy (non-hydrogen) atoms. The zero-order chi connectivity index (χ0) is 38.6. The summed E-state index contributed by atoms with van der Waals surface area (Å²) in [6, 6.07) is 0. The van der Waals surface area contributed by atoms with Crippen molar-refractivity contribution in [2.75, 3.05) is 13.2 Å². The third-order valence-corrected chi connectivity index (χ3v) is 14.8. The molecule has 3 rings (SSSR count). The van der Waals surface area contributed by atoms with Crippen LogP contribution in [0.15, 0.2) is 0 Å². The second kappa shape index (κ2) is 21.3. The van der Waals surface area contributed by atoms with Crippen molar-refractivity contribution < 1.29 is 19.1 Å². The molecule has 0 amide bonds. The Hall–Kier alpha value is -1.06. The molecule has 0 bridgehead atoms. The highest BCUT2D eigenvalue weighted by atomic mass is 16.5. The van der Waals surface area contributed by atoms with Crippen molar-refractivity contribution >= 4 is 11.9 Å². The minimum atomic E-state index is -0.359. The molecule has 10 unspecified atom stereocenters. The molecule has 0 aliphatic heterocycles. The lowest BCUT2D eigenvalue weighted by molar-refractivity contribution is -0.166. The Bertz CT molecular complexity index is 945. The third-order valence-electron chi connectivity index (χ3n) is 14.8. The van der Waals surface area contributed by atoms with Gasteiger partial charge in [-0.15, -0.1) is 0 Å². The molecule has 0 spiro atoms. The molecular weight excluding hydrogens is 641 g/mol. The topological polar surface area (TPSA) is 52.6 Å². The maximum absolute atomic E-state index is 13.7. The van der Waals surface area contributed by atoms with E-state index in [2.05, 4.69) is 83.1 Å². The van der Waals surface area contributed by atoms with E-state index in [1.807, 2.05) is 0 Å². The van der Waals surface area contributed by atoms with E-state index in [-0.39, 0.29) is 23.8 Å². The molecule has 0 aromatic heterocycles. The van der Waals surface area contributed by atoms with Crippen molar-refractivity contribution in [2.45, 2.75) is 199 Å². The van der Waals surface area contributed by atoms with Gasteiger partial charge in [0.2, 0.25) is 0 Å². The second-order valence-corrected chi connectivity index (χ2v) is 21.0. The van der Waals surface area contributed by atoms with Gasteiger partial charge in [-0.2, -0.15) is 0 Å². The van der Waals surface area contributed by atoms with Gasteiger partial charge < -0.3 is 9.47 Å². The van der Waals surface area contributed by atoms with Crippen LogP contribution in [-0.4, -0.2) is 25.2 Å². The lowest BCUT2D eigenvalue weighted by Crippen LogP contribution is -2.42. The number of carbonyl (C=O) groups is 2. The number of unbranched alkanes of at least 4 members (excludes halogenated alkanes) is 2. The molecule has 4 nitrogen and oxygen atoms in total. The first-order valence-corrected chi connectivity index (χ1v) is 22.8. The summed E-state index contributed by atoms with van der Waals surface area (Å²) in [5.74, 6) is 4.97.